The third-order valence-corrected chi connectivity index (χ3v) is 3.29. The normalized spacial score (nSPS) is 24.3. The number of nitrogens with two attached hydrogens (primary N) is 1. The second-order valence-electron chi connectivity index (χ2n) is 5.26. The number of anilines is 1. The first-order chi connectivity index (χ1) is 9.15. The summed E-state index contributed by atoms with van der Waals surface area (Å²) in [5.74, 6) is 0.784. The molecule has 1 heterocycles. The highest BCUT2D eigenvalue weighted by Gasteiger charge is 2.21. The summed E-state index contributed by atoms with van der Waals surface area (Å²) in [5.41, 5.74) is 6.53. The van der Waals surface area contributed by atoms with Crippen LogP contribution in [0.4, 0.5) is 5.69 Å². The largest absolute Gasteiger partial charge is 0.491 e. The van der Waals surface area contributed by atoms with Gasteiger partial charge in [0.05, 0.1) is 24.5 Å². The van der Waals surface area contributed by atoms with Crippen molar-refractivity contribution in [2.45, 2.75) is 32.5 Å². The van der Waals surface area contributed by atoms with Gasteiger partial charge in [0.1, 0.15) is 5.75 Å². The molecule has 0 saturated carbocycles. The van der Waals surface area contributed by atoms with Gasteiger partial charge in [-0.1, -0.05) is 12.1 Å². The Kier molecular flexibility index (Phi) is 5.05. The van der Waals surface area contributed by atoms with E-state index in [4.69, 9.17) is 15.2 Å². The van der Waals surface area contributed by atoms with Gasteiger partial charge >= 0.3 is 0 Å². The fraction of sp³-hybridized carbons (Fsp3) is 0.600. The number of benzene rings is 1. The zero-order valence-corrected chi connectivity index (χ0v) is 11.8. The van der Waals surface area contributed by atoms with Gasteiger partial charge in [0.25, 0.3) is 0 Å². The lowest BCUT2D eigenvalue weighted by Crippen LogP contribution is -2.45. The van der Waals surface area contributed by atoms with E-state index in [2.05, 4.69) is 18.7 Å². The lowest BCUT2D eigenvalue weighted by Gasteiger charge is -2.35. The quantitative estimate of drug-likeness (QED) is 0.654. The molecule has 1 aromatic rings. The Balaban J connectivity index is 1.68. The summed E-state index contributed by atoms with van der Waals surface area (Å²) in [6.07, 6.45) is 1.66. The number of morpholine rings is 1. The molecular formula is C15H24N2O2. The highest BCUT2D eigenvalue weighted by molar-refractivity contribution is 5.51. The second-order valence-corrected chi connectivity index (χ2v) is 5.26. The van der Waals surface area contributed by atoms with Crippen LogP contribution in [0.2, 0.25) is 0 Å². The van der Waals surface area contributed by atoms with Gasteiger partial charge in [-0.05, 0) is 32.4 Å². The summed E-state index contributed by atoms with van der Waals surface area (Å²) in [7, 11) is 0. The first-order valence-electron chi connectivity index (χ1n) is 7.00. The predicted molar refractivity (Wildman–Crippen MR) is 77.4 cm³/mol. The number of para-hydroxylation sites is 2. The Morgan fingerprint density at radius 2 is 1.95 bits per heavy atom. The fourth-order valence-electron chi connectivity index (χ4n) is 2.55. The zero-order chi connectivity index (χ0) is 13.7. The molecule has 4 heteroatoms. The second kappa shape index (κ2) is 6.78. The highest BCUT2D eigenvalue weighted by Crippen LogP contribution is 2.19. The standard InChI is InChI=1S/C15H24N2O2/c1-12-10-17(11-13(2)19-12)8-5-9-18-15-7-4-3-6-14(15)16/h3-4,6-7,12-13H,5,8-11,16H2,1-2H3. The molecule has 1 aromatic carbocycles. The molecule has 2 atom stereocenters. The van der Waals surface area contributed by atoms with Gasteiger partial charge in [-0.25, -0.2) is 0 Å². The van der Waals surface area contributed by atoms with Crippen LogP contribution in [0.1, 0.15) is 20.3 Å². The summed E-state index contributed by atoms with van der Waals surface area (Å²) < 4.78 is 11.4. The molecule has 1 aliphatic rings. The van der Waals surface area contributed by atoms with Crippen LogP contribution >= 0.6 is 0 Å². The number of hydrogen-bond donors (Lipinski definition) is 1. The summed E-state index contributed by atoms with van der Waals surface area (Å²) in [4.78, 5) is 2.44. The van der Waals surface area contributed by atoms with Crippen molar-refractivity contribution in [3.8, 4) is 5.75 Å². The number of rotatable bonds is 5. The fourth-order valence-corrected chi connectivity index (χ4v) is 2.55. The Hall–Kier alpha value is -1.26. The molecule has 19 heavy (non-hydrogen) atoms. The number of nitrogens with zero attached hydrogens (tertiary/aromatic N) is 1. The molecule has 106 valence electrons. The zero-order valence-electron chi connectivity index (χ0n) is 11.8. The van der Waals surface area contributed by atoms with E-state index < -0.39 is 0 Å². The smallest absolute Gasteiger partial charge is 0.142 e. The maximum absolute atomic E-state index is 5.83. The maximum Gasteiger partial charge on any atom is 0.142 e. The molecule has 1 saturated heterocycles. The SMILES string of the molecule is CC1CN(CCCOc2ccccc2N)CC(C)O1. The predicted octanol–water partition coefficient (Wildman–Crippen LogP) is 2.15. The minimum absolute atomic E-state index is 0.328. The number of nitrogen functional groups attached to an aromatic ring is 1. The molecule has 0 aliphatic carbocycles. The van der Waals surface area contributed by atoms with Crippen LogP contribution in [-0.4, -0.2) is 43.3 Å². The maximum atomic E-state index is 5.83. The van der Waals surface area contributed by atoms with E-state index in [1.165, 1.54) is 0 Å². The molecule has 2 rings (SSSR count). The molecule has 0 amide bonds. The van der Waals surface area contributed by atoms with Crippen LogP contribution in [0.25, 0.3) is 0 Å². The molecule has 1 fully saturated rings. The van der Waals surface area contributed by atoms with Crippen LogP contribution in [0.3, 0.4) is 0 Å². The van der Waals surface area contributed by atoms with E-state index in [-0.39, 0.29) is 0 Å². The van der Waals surface area contributed by atoms with E-state index in [1.807, 2.05) is 24.3 Å². The van der Waals surface area contributed by atoms with Crippen molar-refractivity contribution in [3.63, 3.8) is 0 Å². The lowest BCUT2D eigenvalue weighted by atomic mass is 10.2. The van der Waals surface area contributed by atoms with Crippen molar-refractivity contribution in [1.82, 2.24) is 4.90 Å². The van der Waals surface area contributed by atoms with Crippen LogP contribution in [0.15, 0.2) is 24.3 Å². The lowest BCUT2D eigenvalue weighted by molar-refractivity contribution is -0.0686. The minimum Gasteiger partial charge on any atom is -0.491 e. The molecule has 2 N–H and O–H groups in total. The number of hydrogen-bond acceptors (Lipinski definition) is 4. The Bertz CT molecular complexity index is 387. The summed E-state index contributed by atoms with van der Waals surface area (Å²) in [5, 5.41) is 0. The van der Waals surface area contributed by atoms with E-state index in [0.717, 1.165) is 31.8 Å². The van der Waals surface area contributed by atoms with Crippen LogP contribution in [-0.2, 0) is 4.74 Å². The molecule has 0 radical (unpaired) electrons. The molecule has 1 aliphatic heterocycles. The van der Waals surface area contributed by atoms with Gasteiger partial charge in [0.2, 0.25) is 0 Å². The third kappa shape index (κ3) is 4.40. The first kappa shape index (κ1) is 14.2. The van der Waals surface area contributed by atoms with Crippen molar-refractivity contribution in [1.29, 1.82) is 0 Å². The molecule has 4 nitrogen and oxygen atoms in total. The van der Waals surface area contributed by atoms with Gasteiger partial charge in [-0.15, -0.1) is 0 Å². The van der Waals surface area contributed by atoms with Crippen molar-refractivity contribution >= 4 is 5.69 Å². The minimum atomic E-state index is 0.328. The van der Waals surface area contributed by atoms with E-state index in [0.29, 0.717) is 24.5 Å². The van der Waals surface area contributed by atoms with Gasteiger partial charge in [0, 0.05) is 19.6 Å². The van der Waals surface area contributed by atoms with Crippen molar-refractivity contribution < 1.29 is 9.47 Å². The van der Waals surface area contributed by atoms with Crippen molar-refractivity contribution in [2.24, 2.45) is 0 Å². The van der Waals surface area contributed by atoms with E-state index in [9.17, 15) is 0 Å². The van der Waals surface area contributed by atoms with E-state index >= 15 is 0 Å². The van der Waals surface area contributed by atoms with Crippen LogP contribution in [0, 0.1) is 0 Å². The van der Waals surface area contributed by atoms with Crippen LogP contribution < -0.4 is 10.5 Å². The molecule has 0 aromatic heterocycles. The summed E-state index contributed by atoms with van der Waals surface area (Å²) in [6.45, 7) is 8.03. The molecular weight excluding hydrogens is 240 g/mol. The summed E-state index contributed by atoms with van der Waals surface area (Å²) in [6, 6.07) is 7.63. The Morgan fingerprint density at radius 1 is 1.26 bits per heavy atom. The molecule has 0 bridgehead atoms. The van der Waals surface area contributed by atoms with Crippen molar-refractivity contribution in [2.75, 3.05) is 32.0 Å². The average molecular weight is 264 g/mol. The van der Waals surface area contributed by atoms with Gasteiger partial charge in [-0.2, -0.15) is 0 Å². The topological polar surface area (TPSA) is 47.7 Å². The van der Waals surface area contributed by atoms with Crippen LogP contribution in [0.5, 0.6) is 5.75 Å². The van der Waals surface area contributed by atoms with E-state index in [1.54, 1.807) is 0 Å². The van der Waals surface area contributed by atoms with Gasteiger partial charge in [-0.3, -0.25) is 4.90 Å². The average Bonchev–Trinajstić information content (AvgIpc) is 2.35. The Labute approximate surface area is 115 Å². The first-order valence-corrected chi connectivity index (χ1v) is 7.00. The highest BCUT2D eigenvalue weighted by atomic mass is 16.5. The molecule has 2 unspecified atom stereocenters. The molecule has 0 spiro atoms. The van der Waals surface area contributed by atoms with Crippen molar-refractivity contribution in [3.05, 3.63) is 24.3 Å². The van der Waals surface area contributed by atoms with Gasteiger partial charge in [0.15, 0.2) is 0 Å². The number of ether oxygens (including phenoxy) is 2. The monoisotopic (exact) mass is 264 g/mol. The summed E-state index contributed by atoms with van der Waals surface area (Å²) >= 11 is 0. The van der Waals surface area contributed by atoms with Gasteiger partial charge < -0.3 is 15.2 Å². The Morgan fingerprint density at radius 3 is 2.63 bits per heavy atom. The third-order valence-electron chi connectivity index (χ3n) is 3.29.